The van der Waals surface area contributed by atoms with Crippen LogP contribution in [-0.4, -0.2) is 30.8 Å². The lowest BCUT2D eigenvalue weighted by molar-refractivity contribution is -0.146. The second-order valence-electron chi connectivity index (χ2n) is 5.41. The van der Waals surface area contributed by atoms with Gasteiger partial charge >= 0.3 is 5.97 Å². The van der Waals surface area contributed by atoms with Crippen LogP contribution in [0.3, 0.4) is 0 Å². The van der Waals surface area contributed by atoms with Crippen LogP contribution in [0.4, 0.5) is 0 Å². The van der Waals surface area contributed by atoms with Crippen molar-refractivity contribution in [3.63, 3.8) is 0 Å². The molecule has 1 fully saturated rings. The fourth-order valence-electron chi connectivity index (χ4n) is 2.65. The Morgan fingerprint density at radius 3 is 2.40 bits per heavy atom. The SMILES string of the molecule is CCCC(NC(=O)CC(=O)C1CCCCC1)C(=O)OC. The highest BCUT2D eigenvalue weighted by molar-refractivity contribution is 6.00. The minimum absolute atomic E-state index is 0.00214. The molecular weight excluding hydrogens is 258 g/mol. The Kier molecular flexibility index (Phi) is 7.26. The molecule has 1 atom stereocenters. The van der Waals surface area contributed by atoms with Gasteiger partial charge in [0.2, 0.25) is 5.91 Å². The van der Waals surface area contributed by atoms with E-state index in [1.54, 1.807) is 0 Å². The molecule has 1 amide bonds. The molecule has 0 aromatic rings. The van der Waals surface area contributed by atoms with Crippen molar-refractivity contribution in [1.29, 1.82) is 0 Å². The van der Waals surface area contributed by atoms with Crippen LogP contribution >= 0.6 is 0 Å². The molecular formula is C15H25NO4. The number of hydrogen-bond donors (Lipinski definition) is 1. The molecule has 1 aliphatic carbocycles. The molecule has 0 spiro atoms. The lowest BCUT2D eigenvalue weighted by atomic mass is 9.85. The van der Waals surface area contributed by atoms with Crippen molar-refractivity contribution >= 4 is 17.7 Å². The summed E-state index contributed by atoms with van der Waals surface area (Å²) in [5, 5.41) is 2.60. The van der Waals surface area contributed by atoms with Crippen LogP contribution in [-0.2, 0) is 19.1 Å². The highest BCUT2D eigenvalue weighted by Crippen LogP contribution is 2.25. The van der Waals surface area contributed by atoms with Crippen molar-refractivity contribution in [2.24, 2.45) is 5.92 Å². The molecule has 1 N–H and O–H groups in total. The summed E-state index contributed by atoms with van der Waals surface area (Å²) < 4.78 is 4.65. The number of amides is 1. The van der Waals surface area contributed by atoms with Crippen molar-refractivity contribution in [3.8, 4) is 0 Å². The lowest BCUT2D eigenvalue weighted by Crippen LogP contribution is -2.42. The molecule has 1 saturated carbocycles. The second-order valence-corrected chi connectivity index (χ2v) is 5.41. The first-order valence-corrected chi connectivity index (χ1v) is 7.48. The number of ether oxygens (including phenoxy) is 1. The number of esters is 1. The standard InChI is InChI=1S/C15H25NO4/c1-3-7-12(15(19)20-2)16-14(18)10-13(17)11-8-5-4-6-9-11/h11-12H,3-10H2,1-2H3,(H,16,18). The van der Waals surface area contributed by atoms with Gasteiger partial charge in [0.1, 0.15) is 11.8 Å². The van der Waals surface area contributed by atoms with Gasteiger partial charge in [0.05, 0.1) is 13.5 Å². The average Bonchev–Trinajstić information content (AvgIpc) is 2.46. The molecule has 1 aliphatic rings. The van der Waals surface area contributed by atoms with Gasteiger partial charge in [-0.2, -0.15) is 0 Å². The molecule has 1 unspecified atom stereocenters. The van der Waals surface area contributed by atoms with Gasteiger partial charge in [0.15, 0.2) is 0 Å². The summed E-state index contributed by atoms with van der Waals surface area (Å²) in [6, 6.07) is -0.642. The first-order valence-electron chi connectivity index (χ1n) is 7.48. The minimum Gasteiger partial charge on any atom is -0.467 e. The number of ketones is 1. The zero-order chi connectivity index (χ0) is 15.0. The van der Waals surface area contributed by atoms with Gasteiger partial charge in [0.25, 0.3) is 0 Å². The average molecular weight is 283 g/mol. The van der Waals surface area contributed by atoms with Gasteiger partial charge in [-0.1, -0.05) is 32.6 Å². The summed E-state index contributed by atoms with van der Waals surface area (Å²) in [6.45, 7) is 1.93. The molecule has 114 valence electrons. The zero-order valence-electron chi connectivity index (χ0n) is 12.4. The number of rotatable bonds is 7. The molecule has 0 aromatic heterocycles. The lowest BCUT2D eigenvalue weighted by Gasteiger charge is -2.21. The Morgan fingerprint density at radius 2 is 1.85 bits per heavy atom. The number of carbonyl (C=O) groups excluding carboxylic acids is 3. The van der Waals surface area contributed by atoms with Gasteiger partial charge in [-0.05, 0) is 19.3 Å². The van der Waals surface area contributed by atoms with Gasteiger partial charge in [0, 0.05) is 5.92 Å². The number of carbonyl (C=O) groups is 3. The number of hydrogen-bond acceptors (Lipinski definition) is 4. The van der Waals surface area contributed by atoms with Crippen molar-refractivity contribution in [1.82, 2.24) is 5.32 Å². The predicted molar refractivity (Wildman–Crippen MR) is 75.1 cm³/mol. The van der Waals surface area contributed by atoms with E-state index in [1.165, 1.54) is 13.5 Å². The van der Waals surface area contributed by atoms with E-state index < -0.39 is 12.0 Å². The second kappa shape index (κ2) is 8.72. The predicted octanol–water partition coefficient (Wildman–Crippen LogP) is 1.98. The third-order valence-electron chi connectivity index (χ3n) is 3.79. The highest BCUT2D eigenvalue weighted by atomic mass is 16.5. The summed E-state index contributed by atoms with van der Waals surface area (Å²) in [5.74, 6) is -0.797. The van der Waals surface area contributed by atoms with Gasteiger partial charge in [-0.3, -0.25) is 9.59 Å². The van der Waals surface area contributed by atoms with Crippen molar-refractivity contribution in [2.75, 3.05) is 7.11 Å². The van der Waals surface area contributed by atoms with Crippen LogP contribution in [0, 0.1) is 5.92 Å². The topological polar surface area (TPSA) is 72.5 Å². The molecule has 0 bridgehead atoms. The molecule has 0 aliphatic heterocycles. The van der Waals surface area contributed by atoms with E-state index in [0.717, 1.165) is 32.1 Å². The molecule has 5 heteroatoms. The number of Topliss-reactive ketones (excluding diaryl/α,β-unsaturated/α-hetero) is 1. The largest absolute Gasteiger partial charge is 0.467 e. The monoisotopic (exact) mass is 283 g/mol. The smallest absolute Gasteiger partial charge is 0.328 e. The summed E-state index contributed by atoms with van der Waals surface area (Å²) in [5.41, 5.74) is 0. The fraction of sp³-hybridized carbons (Fsp3) is 0.800. The van der Waals surface area contributed by atoms with E-state index in [9.17, 15) is 14.4 Å². The Balaban J connectivity index is 2.43. The summed E-state index contributed by atoms with van der Waals surface area (Å²) in [4.78, 5) is 35.4. The van der Waals surface area contributed by atoms with Crippen LogP contribution in [0.2, 0.25) is 0 Å². The Labute approximate surface area is 120 Å². The first-order chi connectivity index (χ1) is 9.58. The van der Waals surface area contributed by atoms with Crippen LogP contribution in [0.1, 0.15) is 58.3 Å². The summed E-state index contributed by atoms with van der Waals surface area (Å²) >= 11 is 0. The van der Waals surface area contributed by atoms with E-state index in [0.29, 0.717) is 6.42 Å². The Bertz CT molecular complexity index is 348. The molecule has 0 aromatic carbocycles. The fourth-order valence-corrected chi connectivity index (χ4v) is 2.65. The highest BCUT2D eigenvalue weighted by Gasteiger charge is 2.25. The third-order valence-corrected chi connectivity index (χ3v) is 3.79. The van der Waals surface area contributed by atoms with Crippen molar-refractivity contribution in [3.05, 3.63) is 0 Å². The van der Waals surface area contributed by atoms with Crippen molar-refractivity contribution < 1.29 is 19.1 Å². The maximum absolute atomic E-state index is 12.0. The molecule has 5 nitrogen and oxygen atoms in total. The molecule has 1 rings (SSSR count). The van der Waals surface area contributed by atoms with E-state index in [1.807, 2.05) is 6.92 Å². The van der Waals surface area contributed by atoms with Gasteiger partial charge in [-0.25, -0.2) is 4.79 Å². The van der Waals surface area contributed by atoms with E-state index in [4.69, 9.17) is 0 Å². The molecule has 0 radical (unpaired) electrons. The van der Waals surface area contributed by atoms with E-state index in [2.05, 4.69) is 10.1 Å². The van der Waals surface area contributed by atoms with Crippen LogP contribution in [0.25, 0.3) is 0 Å². The molecule has 0 heterocycles. The maximum atomic E-state index is 12.0. The minimum atomic E-state index is -0.642. The quantitative estimate of drug-likeness (QED) is 0.573. The van der Waals surface area contributed by atoms with Crippen LogP contribution in [0.15, 0.2) is 0 Å². The Morgan fingerprint density at radius 1 is 1.20 bits per heavy atom. The van der Waals surface area contributed by atoms with Gasteiger partial charge < -0.3 is 10.1 Å². The number of nitrogens with one attached hydrogen (secondary N) is 1. The zero-order valence-corrected chi connectivity index (χ0v) is 12.4. The van der Waals surface area contributed by atoms with E-state index in [-0.39, 0.29) is 24.0 Å². The molecule has 20 heavy (non-hydrogen) atoms. The third kappa shape index (κ3) is 5.31. The molecule has 0 saturated heterocycles. The van der Waals surface area contributed by atoms with Crippen molar-refractivity contribution in [2.45, 2.75) is 64.3 Å². The van der Waals surface area contributed by atoms with Crippen LogP contribution < -0.4 is 5.32 Å². The summed E-state index contributed by atoms with van der Waals surface area (Å²) in [7, 11) is 1.30. The number of methoxy groups -OCH3 is 1. The normalized spacial score (nSPS) is 17.3. The van der Waals surface area contributed by atoms with E-state index >= 15 is 0 Å². The van der Waals surface area contributed by atoms with Crippen LogP contribution in [0.5, 0.6) is 0 Å². The van der Waals surface area contributed by atoms with Gasteiger partial charge in [-0.15, -0.1) is 0 Å². The Hall–Kier alpha value is -1.39. The summed E-state index contributed by atoms with van der Waals surface area (Å²) in [6.07, 6.45) is 6.26. The first kappa shape index (κ1) is 16.7. The maximum Gasteiger partial charge on any atom is 0.328 e.